The summed E-state index contributed by atoms with van der Waals surface area (Å²) in [4.78, 5) is 22.0. The minimum Gasteiger partial charge on any atom is -0.408 e. The van der Waals surface area contributed by atoms with Gasteiger partial charge >= 0.3 is 5.76 Å². The summed E-state index contributed by atoms with van der Waals surface area (Å²) in [5, 5.41) is 22.3. The highest BCUT2D eigenvalue weighted by Gasteiger charge is 2.09. The van der Waals surface area contributed by atoms with E-state index in [1.54, 1.807) is 20.0 Å². The van der Waals surface area contributed by atoms with Crippen molar-refractivity contribution < 1.29 is 20.5 Å². The van der Waals surface area contributed by atoms with Crippen molar-refractivity contribution in [3.8, 4) is 17.2 Å². The molecule has 0 unspecified atom stereocenters. The largest absolute Gasteiger partial charge is 0.419 e. The summed E-state index contributed by atoms with van der Waals surface area (Å²) in [6, 6.07) is 14.8. The molecule has 1 aliphatic rings. The van der Waals surface area contributed by atoms with Crippen molar-refractivity contribution in [1.29, 1.82) is 5.26 Å². The van der Waals surface area contributed by atoms with Crippen LogP contribution in [0.15, 0.2) is 51.7 Å². The van der Waals surface area contributed by atoms with E-state index in [9.17, 15) is 9.59 Å². The zero-order valence-corrected chi connectivity index (χ0v) is 22.3. The molecule has 0 bridgehead atoms. The number of oxazole rings is 1. The van der Waals surface area contributed by atoms with Crippen LogP contribution in [0.1, 0.15) is 40.6 Å². The number of aliphatic hydroxyl groups excluding tert-OH is 1. The summed E-state index contributed by atoms with van der Waals surface area (Å²) in [6.07, 6.45) is 3.46. The number of fused-ring (bicyclic) bond motifs is 1. The van der Waals surface area contributed by atoms with Gasteiger partial charge in [-0.15, -0.1) is 0 Å². The Balaban J connectivity index is 0.000000817. The number of aryl methyl sites for hydroxylation is 1. The molecule has 1 aliphatic heterocycles. The second kappa shape index (κ2) is 18.8. The smallest absolute Gasteiger partial charge is 0.408 e. The van der Waals surface area contributed by atoms with Gasteiger partial charge in [-0.05, 0) is 55.1 Å². The Hall–Kier alpha value is -3.45. The molecule has 0 spiro atoms. The Morgan fingerprint density at radius 3 is 2.49 bits per heavy atom. The lowest BCUT2D eigenvalue weighted by molar-refractivity contribution is -0.109. The van der Waals surface area contributed by atoms with E-state index in [1.165, 1.54) is 24.0 Å². The molecule has 0 saturated carbocycles. The van der Waals surface area contributed by atoms with Crippen molar-refractivity contribution in [2.24, 2.45) is 7.05 Å². The van der Waals surface area contributed by atoms with Crippen LogP contribution in [0.5, 0.6) is 0 Å². The first-order valence-corrected chi connectivity index (χ1v) is 12.7. The number of benzene rings is 2. The lowest BCUT2D eigenvalue weighted by Gasteiger charge is -2.09. The highest BCUT2D eigenvalue weighted by atomic mass is 16.5. The highest BCUT2D eigenvalue weighted by molar-refractivity contribution is 5.80. The third kappa shape index (κ3) is 11.0. The third-order valence-corrected chi connectivity index (χ3v) is 5.26. The van der Waals surface area contributed by atoms with Crippen LogP contribution in [-0.2, 0) is 23.0 Å². The molecule has 3 N–H and O–H groups in total. The van der Waals surface area contributed by atoms with Gasteiger partial charge in [-0.1, -0.05) is 44.2 Å². The number of nitriles is 1. The van der Waals surface area contributed by atoms with Crippen LogP contribution in [0.2, 0.25) is 0 Å². The van der Waals surface area contributed by atoms with Crippen molar-refractivity contribution >= 4 is 17.5 Å². The molecule has 1 fully saturated rings. The fraction of sp³-hybridized carbons (Fsp3) is 0.464. The summed E-state index contributed by atoms with van der Waals surface area (Å²) in [5.74, 6) is -0.386. The zero-order valence-electron chi connectivity index (χ0n) is 22.3. The van der Waals surface area contributed by atoms with E-state index in [1.807, 2.05) is 56.3 Å². The van der Waals surface area contributed by atoms with Crippen LogP contribution in [0, 0.1) is 11.3 Å². The van der Waals surface area contributed by atoms with E-state index in [0.29, 0.717) is 18.4 Å². The summed E-state index contributed by atoms with van der Waals surface area (Å²) in [6.45, 7) is 9.98. The highest BCUT2D eigenvalue weighted by Crippen LogP contribution is 2.24. The SMILES string of the molecule is C1CCOCCNC1.CC.CCO.Cn1c(=O)oc2ccc(-c3ccc(C[C@@H](C#N)NC=O)cc3)cc21.[HH]. The first-order valence-electron chi connectivity index (χ1n) is 12.7. The van der Waals surface area contributed by atoms with Gasteiger partial charge in [0.25, 0.3) is 0 Å². The molecular weight excluding hydrogens is 472 g/mol. The summed E-state index contributed by atoms with van der Waals surface area (Å²) in [7, 11) is 1.67. The number of carbonyl (C=O) groups is 1. The Morgan fingerprint density at radius 2 is 1.84 bits per heavy atom. The zero-order chi connectivity index (χ0) is 27.5. The average Bonchev–Trinajstić information content (AvgIpc) is 3.18. The number of carbonyl (C=O) groups excluding carboxylic acids is 1. The Bertz CT molecular complexity index is 1110. The predicted molar refractivity (Wildman–Crippen MR) is 148 cm³/mol. The molecule has 1 amide bonds. The molecule has 3 aromatic rings. The second-order valence-electron chi connectivity index (χ2n) is 7.86. The number of nitrogens with one attached hydrogen (secondary N) is 2. The van der Waals surface area contributed by atoms with Crippen molar-refractivity contribution in [2.45, 2.75) is 46.1 Å². The number of hydrogen-bond donors (Lipinski definition) is 3. The molecule has 1 saturated heterocycles. The number of aromatic nitrogens is 1. The molecule has 0 aliphatic carbocycles. The Morgan fingerprint density at radius 1 is 1.16 bits per heavy atom. The second-order valence-corrected chi connectivity index (χ2v) is 7.86. The van der Waals surface area contributed by atoms with E-state index >= 15 is 0 Å². The minimum absolute atomic E-state index is 0. The molecule has 0 radical (unpaired) electrons. The van der Waals surface area contributed by atoms with Gasteiger partial charge in [-0.3, -0.25) is 9.36 Å². The van der Waals surface area contributed by atoms with Crippen LogP contribution in [0.3, 0.4) is 0 Å². The summed E-state index contributed by atoms with van der Waals surface area (Å²) in [5.41, 5.74) is 4.21. The first kappa shape index (κ1) is 31.6. The maximum atomic E-state index is 11.6. The topological polar surface area (TPSA) is 130 Å². The molecule has 9 heteroatoms. The van der Waals surface area contributed by atoms with Crippen molar-refractivity contribution in [3.05, 3.63) is 58.6 Å². The van der Waals surface area contributed by atoms with Gasteiger partial charge in [0.15, 0.2) is 5.58 Å². The quantitative estimate of drug-likeness (QED) is 0.443. The number of amides is 1. The van der Waals surface area contributed by atoms with Crippen molar-refractivity contribution in [3.63, 3.8) is 0 Å². The molecule has 2 aromatic carbocycles. The summed E-state index contributed by atoms with van der Waals surface area (Å²) < 4.78 is 11.8. The van der Waals surface area contributed by atoms with Crippen LogP contribution in [0.25, 0.3) is 22.2 Å². The van der Waals surface area contributed by atoms with Crippen molar-refractivity contribution in [1.82, 2.24) is 15.2 Å². The monoisotopic (exact) mass is 514 g/mol. The van der Waals surface area contributed by atoms with E-state index in [-0.39, 0.29) is 13.8 Å². The van der Waals surface area contributed by atoms with E-state index in [0.717, 1.165) is 42.0 Å². The van der Waals surface area contributed by atoms with Gasteiger partial charge in [0.05, 0.1) is 18.2 Å². The van der Waals surface area contributed by atoms with Gasteiger partial charge < -0.3 is 24.9 Å². The number of rotatable bonds is 5. The van der Waals surface area contributed by atoms with Gasteiger partial charge in [0, 0.05) is 34.7 Å². The number of ether oxygens (including phenoxy) is 1. The average molecular weight is 515 g/mol. The molecule has 9 nitrogen and oxygen atoms in total. The molecule has 37 heavy (non-hydrogen) atoms. The maximum Gasteiger partial charge on any atom is 0.419 e. The molecule has 1 atom stereocenters. The van der Waals surface area contributed by atoms with E-state index in [4.69, 9.17) is 19.5 Å². The van der Waals surface area contributed by atoms with Crippen LogP contribution < -0.4 is 16.4 Å². The molecule has 2 heterocycles. The minimum atomic E-state index is -0.537. The van der Waals surface area contributed by atoms with Crippen LogP contribution >= 0.6 is 0 Å². The number of nitrogens with zero attached hydrogens (tertiary/aromatic N) is 2. The van der Waals surface area contributed by atoms with E-state index < -0.39 is 6.04 Å². The summed E-state index contributed by atoms with van der Waals surface area (Å²) >= 11 is 0. The van der Waals surface area contributed by atoms with Gasteiger partial charge in [0.2, 0.25) is 6.41 Å². The first-order chi connectivity index (χ1) is 18.0. The number of hydrogen-bond acceptors (Lipinski definition) is 7. The molecular formula is C28H42N4O5. The van der Waals surface area contributed by atoms with Crippen LogP contribution in [-0.4, -0.2) is 55.0 Å². The van der Waals surface area contributed by atoms with Gasteiger partial charge in [0.1, 0.15) is 6.04 Å². The Labute approximate surface area is 220 Å². The number of aliphatic hydroxyl groups is 1. The molecule has 4 rings (SSSR count). The van der Waals surface area contributed by atoms with Gasteiger partial charge in [-0.25, -0.2) is 4.79 Å². The third-order valence-electron chi connectivity index (χ3n) is 5.26. The molecule has 1 aromatic heterocycles. The van der Waals surface area contributed by atoms with E-state index in [2.05, 4.69) is 10.6 Å². The fourth-order valence-corrected chi connectivity index (χ4v) is 3.42. The van der Waals surface area contributed by atoms with Gasteiger partial charge in [-0.2, -0.15) is 5.26 Å². The van der Waals surface area contributed by atoms with Crippen molar-refractivity contribution in [2.75, 3.05) is 32.9 Å². The van der Waals surface area contributed by atoms with Crippen LogP contribution in [0.4, 0.5) is 0 Å². The lowest BCUT2D eigenvalue weighted by Crippen LogP contribution is -2.28. The lowest BCUT2D eigenvalue weighted by atomic mass is 10.0. The maximum absolute atomic E-state index is 11.6. The molecule has 204 valence electrons. The standard InChI is InChI=1S/C18H15N3O3.C6H13NO.C2H6O.C2H6.H2/c1-21-16-9-14(6-7-17(16)24-18(21)23)13-4-2-12(3-5-13)8-15(10-19)20-11-22;1-2-5-8-6-4-7-3-1;1-2-3;1-2;/h2-7,9,11,15H,8H2,1H3,(H,20,22);7H,1-6H2;3H,2H2,1H3;1-2H3;1H/t15-;;;;/m0..../s1. The Kier molecular flexibility index (Phi) is 16.0. The fourth-order valence-electron chi connectivity index (χ4n) is 3.42. The normalized spacial score (nSPS) is 13.5. The predicted octanol–water partition coefficient (Wildman–Crippen LogP) is 3.64.